The van der Waals surface area contributed by atoms with E-state index in [4.69, 9.17) is 4.74 Å². The molecule has 26 heavy (non-hydrogen) atoms. The molecular formula is C22H28N2O2. The average Bonchev–Trinajstić information content (AvgIpc) is 2.67. The van der Waals surface area contributed by atoms with Crippen LogP contribution >= 0.6 is 0 Å². The molecule has 0 aliphatic carbocycles. The van der Waals surface area contributed by atoms with E-state index in [0.29, 0.717) is 19.7 Å². The number of carbonyl (C=O) groups is 1. The molecule has 0 atom stereocenters. The second-order valence-electron chi connectivity index (χ2n) is 6.92. The third-order valence-electron chi connectivity index (χ3n) is 4.86. The number of carbonyl (C=O) groups excluding carboxylic acids is 1. The summed E-state index contributed by atoms with van der Waals surface area (Å²) >= 11 is 0. The summed E-state index contributed by atoms with van der Waals surface area (Å²) in [6.45, 7) is 3.33. The summed E-state index contributed by atoms with van der Waals surface area (Å²) in [5.41, 5.74) is 2.51. The summed E-state index contributed by atoms with van der Waals surface area (Å²) in [4.78, 5) is 16.6. The van der Waals surface area contributed by atoms with E-state index in [2.05, 4.69) is 41.3 Å². The molecular weight excluding hydrogens is 324 g/mol. The van der Waals surface area contributed by atoms with Crippen molar-refractivity contribution >= 4 is 5.91 Å². The van der Waals surface area contributed by atoms with Crippen molar-refractivity contribution in [1.29, 1.82) is 0 Å². The summed E-state index contributed by atoms with van der Waals surface area (Å²) in [6, 6.07) is 18.6. The Labute approximate surface area is 156 Å². The van der Waals surface area contributed by atoms with Gasteiger partial charge in [-0.25, -0.2) is 0 Å². The number of hydrogen-bond acceptors (Lipinski definition) is 3. The Kier molecular flexibility index (Phi) is 6.67. The molecule has 138 valence electrons. The first-order chi connectivity index (χ1) is 12.7. The number of amides is 1. The van der Waals surface area contributed by atoms with Crippen molar-refractivity contribution in [2.75, 3.05) is 33.3 Å². The highest BCUT2D eigenvalue weighted by Gasteiger charge is 2.16. The highest BCUT2D eigenvalue weighted by molar-refractivity contribution is 5.78. The van der Waals surface area contributed by atoms with E-state index in [1.165, 1.54) is 11.1 Å². The van der Waals surface area contributed by atoms with Crippen molar-refractivity contribution in [3.05, 3.63) is 65.7 Å². The van der Waals surface area contributed by atoms with Gasteiger partial charge in [-0.15, -0.1) is 0 Å². The van der Waals surface area contributed by atoms with Gasteiger partial charge in [0.15, 0.2) is 0 Å². The lowest BCUT2D eigenvalue weighted by atomic mass is 10.1. The lowest BCUT2D eigenvalue weighted by molar-refractivity contribution is -0.131. The van der Waals surface area contributed by atoms with E-state index in [9.17, 15) is 4.79 Å². The molecule has 1 aliphatic heterocycles. The number of likely N-dealkylation sites (N-methyl/N-ethyl adjacent to an activating group) is 1. The molecule has 4 heteroatoms. The SMILES string of the molecule is CN1CCOc2ccccc2CCCCN(Cc2ccccc2)CC1=O. The number of aryl methyl sites for hydroxylation is 1. The van der Waals surface area contributed by atoms with Crippen molar-refractivity contribution in [2.24, 2.45) is 0 Å². The molecule has 2 aromatic carbocycles. The highest BCUT2D eigenvalue weighted by atomic mass is 16.5. The summed E-state index contributed by atoms with van der Waals surface area (Å²) in [5, 5.41) is 0. The van der Waals surface area contributed by atoms with Crippen molar-refractivity contribution in [3.8, 4) is 5.75 Å². The van der Waals surface area contributed by atoms with Crippen LogP contribution in [0.2, 0.25) is 0 Å². The number of fused-ring (bicyclic) bond motifs is 1. The molecule has 0 N–H and O–H groups in total. The lowest BCUT2D eigenvalue weighted by Gasteiger charge is -2.25. The summed E-state index contributed by atoms with van der Waals surface area (Å²) < 4.78 is 5.93. The fourth-order valence-corrected chi connectivity index (χ4v) is 3.29. The molecule has 3 rings (SSSR count). The fourth-order valence-electron chi connectivity index (χ4n) is 3.29. The molecule has 0 saturated carbocycles. The molecule has 0 saturated heterocycles. The Balaban J connectivity index is 1.70. The summed E-state index contributed by atoms with van der Waals surface area (Å²) in [7, 11) is 1.86. The van der Waals surface area contributed by atoms with Gasteiger partial charge in [-0.1, -0.05) is 48.5 Å². The van der Waals surface area contributed by atoms with E-state index in [1.807, 2.05) is 25.2 Å². The predicted octanol–water partition coefficient (Wildman–Crippen LogP) is 3.36. The third kappa shape index (κ3) is 5.33. The molecule has 1 heterocycles. The van der Waals surface area contributed by atoms with Crippen molar-refractivity contribution in [1.82, 2.24) is 9.80 Å². The van der Waals surface area contributed by atoms with Gasteiger partial charge in [0.2, 0.25) is 5.91 Å². The molecule has 0 aromatic heterocycles. The smallest absolute Gasteiger partial charge is 0.236 e. The maximum absolute atomic E-state index is 12.6. The lowest BCUT2D eigenvalue weighted by Crippen LogP contribution is -2.40. The maximum Gasteiger partial charge on any atom is 0.236 e. The van der Waals surface area contributed by atoms with Gasteiger partial charge in [0.25, 0.3) is 0 Å². The molecule has 4 nitrogen and oxygen atoms in total. The Hall–Kier alpha value is -2.33. The first-order valence-corrected chi connectivity index (χ1v) is 9.43. The monoisotopic (exact) mass is 352 g/mol. The predicted molar refractivity (Wildman–Crippen MR) is 104 cm³/mol. The van der Waals surface area contributed by atoms with Crippen LogP contribution in [-0.2, 0) is 17.8 Å². The van der Waals surface area contributed by atoms with Crippen LogP contribution in [0.15, 0.2) is 54.6 Å². The molecule has 1 amide bonds. The van der Waals surface area contributed by atoms with Gasteiger partial charge in [-0.3, -0.25) is 9.69 Å². The second kappa shape index (κ2) is 9.39. The number of para-hydroxylation sites is 1. The van der Waals surface area contributed by atoms with Crippen LogP contribution in [0.25, 0.3) is 0 Å². The van der Waals surface area contributed by atoms with Gasteiger partial charge in [-0.2, -0.15) is 0 Å². The van der Waals surface area contributed by atoms with E-state index < -0.39 is 0 Å². The zero-order valence-electron chi connectivity index (χ0n) is 15.6. The van der Waals surface area contributed by atoms with Gasteiger partial charge in [0, 0.05) is 13.6 Å². The van der Waals surface area contributed by atoms with Crippen LogP contribution in [0.1, 0.15) is 24.0 Å². The number of benzene rings is 2. The summed E-state index contributed by atoms with van der Waals surface area (Å²) in [5.74, 6) is 1.10. The molecule has 1 aliphatic rings. The quantitative estimate of drug-likeness (QED) is 0.831. The van der Waals surface area contributed by atoms with E-state index >= 15 is 0 Å². The number of nitrogens with zero attached hydrogens (tertiary/aromatic N) is 2. The molecule has 0 unspecified atom stereocenters. The minimum atomic E-state index is 0.150. The average molecular weight is 352 g/mol. The normalized spacial score (nSPS) is 17.4. The number of rotatable bonds is 2. The number of ether oxygens (including phenoxy) is 1. The Morgan fingerprint density at radius 3 is 2.58 bits per heavy atom. The van der Waals surface area contributed by atoms with Crippen molar-refractivity contribution < 1.29 is 9.53 Å². The fraction of sp³-hybridized carbons (Fsp3) is 0.409. The van der Waals surface area contributed by atoms with Gasteiger partial charge in [0.05, 0.1) is 13.1 Å². The molecule has 0 spiro atoms. The van der Waals surface area contributed by atoms with Crippen molar-refractivity contribution in [3.63, 3.8) is 0 Å². The Morgan fingerprint density at radius 2 is 1.73 bits per heavy atom. The Bertz CT molecular complexity index is 702. The third-order valence-corrected chi connectivity index (χ3v) is 4.86. The largest absolute Gasteiger partial charge is 0.491 e. The standard InChI is InChI=1S/C22H28N2O2/c1-23-15-16-26-21-13-6-5-11-20(21)12-7-8-14-24(18-22(23)25)17-19-9-3-2-4-10-19/h2-6,9-11,13H,7-8,12,14-18H2,1H3. The highest BCUT2D eigenvalue weighted by Crippen LogP contribution is 2.20. The second-order valence-corrected chi connectivity index (χ2v) is 6.92. The Morgan fingerprint density at radius 1 is 0.962 bits per heavy atom. The van der Waals surface area contributed by atoms with Crippen LogP contribution in [0, 0.1) is 0 Å². The van der Waals surface area contributed by atoms with E-state index in [0.717, 1.165) is 38.1 Å². The molecule has 0 bridgehead atoms. The minimum Gasteiger partial charge on any atom is -0.491 e. The van der Waals surface area contributed by atoms with Crippen LogP contribution < -0.4 is 4.74 Å². The molecule has 0 fully saturated rings. The van der Waals surface area contributed by atoms with E-state index in [1.54, 1.807) is 4.90 Å². The number of hydrogen-bond donors (Lipinski definition) is 0. The molecule has 2 aromatic rings. The van der Waals surface area contributed by atoms with Gasteiger partial charge in [0.1, 0.15) is 12.4 Å². The first-order valence-electron chi connectivity index (χ1n) is 9.43. The van der Waals surface area contributed by atoms with Gasteiger partial charge in [-0.05, 0) is 43.0 Å². The van der Waals surface area contributed by atoms with Gasteiger partial charge >= 0.3 is 0 Å². The van der Waals surface area contributed by atoms with E-state index in [-0.39, 0.29) is 5.91 Å². The summed E-state index contributed by atoms with van der Waals surface area (Å²) in [6.07, 6.45) is 3.17. The zero-order chi connectivity index (χ0) is 18.2. The first kappa shape index (κ1) is 18.5. The molecule has 0 radical (unpaired) electrons. The van der Waals surface area contributed by atoms with Crippen LogP contribution in [0.5, 0.6) is 5.75 Å². The zero-order valence-corrected chi connectivity index (χ0v) is 15.6. The minimum absolute atomic E-state index is 0.150. The van der Waals surface area contributed by atoms with Crippen LogP contribution in [0.4, 0.5) is 0 Å². The topological polar surface area (TPSA) is 32.8 Å². The van der Waals surface area contributed by atoms with Gasteiger partial charge < -0.3 is 9.64 Å². The maximum atomic E-state index is 12.6. The van der Waals surface area contributed by atoms with Crippen molar-refractivity contribution in [2.45, 2.75) is 25.8 Å². The van der Waals surface area contributed by atoms with Crippen LogP contribution in [-0.4, -0.2) is 49.0 Å². The van der Waals surface area contributed by atoms with Crippen LogP contribution in [0.3, 0.4) is 0 Å².